The molecule has 0 saturated carbocycles. The summed E-state index contributed by atoms with van der Waals surface area (Å²) in [4.78, 5) is 4.51. The lowest BCUT2D eigenvalue weighted by atomic mass is 10.2. The van der Waals surface area contributed by atoms with Crippen molar-refractivity contribution in [3.63, 3.8) is 0 Å². The van der Waals surface area contributed by atoms with E-state index >= 15 is 0 Å². The number of benzene rings is 1. The van der Waals surface area contributed by atoms with Crippen LogP contribution >= 0.6 is 22.6 Å². The summed E-state index contributed by atoms with van der Waals surface area (Å²) in [7, 11) is -3.76. The third-order valence-corrected chi connectivity index (χ3v) is 6.06. The quantitative estimate of drug-likeness (QED) is 0.594. The van der Waals surface area contributed by atoms with Gasteiger partial charge in [-0.3, -0.25) is 0 Å². The van der Waals surface area contributed by atoms with Gasteiger partial charge < -0.3 is 0 Å². The van der Waals surface area contributed by atoms with Gasteiger partial charge in [0.15, 0.2) is 5.65 Å². The first-order valence-corrected chi connectivity index (χ1v) is 8.86. The molecule has 0 bridgehead atoms. The zero-order valence-electron chi connectivity index (χ0n) is 11.5. The fraction of sp³-hybridized carbons (Fsp3) is 0.0667. The van der Waals surface area contributed by atoms with Crippen LogP contribution in [0.2, 0.25) is 0 Å². The van der Waals surface area contributed by atoms with Crippen molar-refractivity contribution in [1.29, 1.82) is 5.26 Å². The molecule has 0 atom stereocenters. The molecule has 0 aliphatic carbocycles. The number of hydrogen-bond donors (Lipinski definition) is 0. The number of pyridine rings is 1. The molecule has 0 radical (unpaired) electrons. The van der Waals surface area contributed by atoms with E-state index in [0.29, 0.717) is 20.3 Å². The van der Waals surface area contributed by atoms with Gasteiger partial charge >= 0.3 is 0 Å². The van der Waals surface area contributed by atoms with Crippen molar-refractivity contribution < 1.29 is 8.42 Å². The molecule has 0 spiro atoms. The summed E-state index contributed by atoms with van der Waals surface area (Å²) in [6, 6.07) is 13.6. The summed E-state index contributed by atoms with van der Waals surface area (Å²) in [6.45, 7) is 1.74. The van der Waals surface area contributed by atoms with Crippen LogP contribution in [-0.4, -0.2) is 17.4 Å². The molecule has 0 saturated heterocycles. The Kier molecular flexibility index (Phi) is 3.66. The monoisotopic (exact) mass is 423 g/mol. The molecule has 0 aliphatic heterocycles. The maximum absolute atomic E-state index is 12.9. The van der Waals surface area contributed by atoms with Gasteiger partial charge in [-0.15, -0.1) is 0 Å². The first-order chi connectivity index (χ1) is 10.4. The summed E-state index contributed by atoms with van der Waals surface area (Å²) < 4.78 is 27.4. The molecule has 0 unspecified atom stereocenters. The molecule has 0 amide bonds. The SMILES string of the molecule is Cc1cc(C#N)c2cc(I)n(S(=O)(=O)c3ccccc3)c2n1. The van der Waals surface area contributed by atoms with Gasteiger partial charge in [0, 0.05) is 11.1 Å². The Bertz CT molecular complexity index is 1020. The van der Waals surface area contributed by atoms with E-state index in [4.69, 9.17) is 0 Å². The van der Waals surface area contributed by atoms with Crippen molar-refractivity contribution in [3.05, 3.63) is 57.4 Å². The van der Waals surface area contributed by atoms with Crippen LogP contribution in [0.1, 0.15) is 11.3 Å². The Balaban J connectivity index is 2.40. The van der Waals surface area contributed by atoms with Gasteiger partial charge in [-0.2, -0.15) is 5.26 Å². The highest BCUT2D eigenvalue weighted by Crippen LogP contribution is 2.28. The third-order valence-electron chi connectivity index (χ3n) is 3.22. The van der Waals surface area contributed by atoms with E-state index in [1.807, 2.05) is 22.6 Å². The van der Waals surface area contributed by atoms with Gasteiger partial charge in [-0.25, -0.2) is 17.4 Å². The van der Waals surface area contributed by atoms with Gasteiger partial charge in [0.1, 0.15) is 0 Å². The zero-order chi connectivity index (χ0) is 15.9. The maximum atomic E-state index is 12.9. The number of nitriles is 1. The molecule has 110 valence electrons. The standard InChI is InChI=1S/C15H10IN3O2S/c1-10-7-11(9-17)13-8-14(16)19(15(13)18-10)22(20,21)12-5-3-2-4-6-12/h2-8H,1H3. The molecule has 0 aliphatic rings. The molecule has 2 aromatic heterocycles. The van der Waals surface area contributed by atoms with Crippen LogP contribution in [0.15, 0.2) is 47.4 Å². The van der Waals surface area contributed by atoms with E-state index in [1.54, 1.807) is 37.3 Å². The average Bonchev–Trinajstić information content (AvgIpc) is 2.83. The van der Waals surface area contributed by atoms with Crippen LogP contribution in [0, 0.1) is 22.0 Å². The van der Waals surface area contributed by atoms with E-state index in [1.165, 1.54) is 16.1 Å². The number of halogens is 1. The predicted octanol–water partition coefficient (Wildman–Crippen LogP) is 3.06. The van der Waals surface area contributed by atoms with Crippen molar-refractivity contribution in [2.75, 3.05) is 0 Å². The minimum absolute atomic E-state index is 0.187. The molecule has 2 heterocycles. The zero-order valence-corrected chi connectivity index (χ0v) is 14.5. The van der Waals surface area contributed by atoms with Crippen molar-refractivity contribution in [3.8, 4) is 6.07 Å². The van der Waals surface area contributed by atoms with E-state index in [-0.39, 0.29) is 10.5 Å². The summed E-state index contributed by atoms with van der Waals surface area (Å²) >= 11 is 1.94. The fourth-order valence-corrected chi connectivity index (χ4v) is 4.94. The van der Waals surface area contributed by atoms with Crippen molar-refractivity contribution in [2.45, 2.75) is 11.8 Å². The van der Waals surface area contributed by atoms with Crippen LogP contribution in [0.25, 0.3) is 11.0 Å². The molecule has 7 heteroatoms. The first kappa shape index (κ1) is 15.0. The van der Waals surface area contributed by atoms with Crippen molar-refractivity contribution in [2.24, 2.45) is 0 Å². The van der Waals surface area contributed by atoms with E-state index in [2.05, 4.69) is 11.1 Å². The molecule has 3 rings (SSSR count). The topological polar surface area (TPSA) is 75.8 Å². The van der Waals surface area contributed by atoms with Gasteiger partial charge in [0.05, 0.1) is 20.2 Å². The molecule has 3 aromatic rings. The molecule has 0 N–H and O–H groups in total. The summed E-state index contributed by atoms with van der Waals surface area (Å²) in [5.74, 6) is 0. The average molecular weight is 423 g/mol. The van der Waals surface area contributed by atoms with Gasteiger partial charge in [-0.05, 0) is 53.8 Å². The lowest BCUT2D eigenvalue weighted by molar-refractivity contribution is 0.588. The van der Waals surface area contributed by atoms with Crippen LogP contribution in [0.4, 0.5) is 0 Å². The second-order valence-electron chi connectivity index (χ2n) is 4.71. The number of hydrogen-bond acceptors (Lipinski definition) is 4. The Morgan fingerprint density at radius 2 is 1.91 bits per heavy atom. The maximum Gasteiger partial charge on any atom is 0.270 e. The fourth-order valence-electron chi connectivity index (χ4n) is 2.26. The highest BCUT2D eigenvalue weighted by Gasteiger charge is 2.24. The predicted molar refractivity (Wildman–Crippen MR) is 90.9 cm³/mol. The van der Waals surface area contributed by atoms with Crippen molar-refractivity contribution >= 4 is 43.6 Å². The Morgan fingerprint density at radius 3 is 2.55 bits per heavy atom. The number of aromatic nitrogens is 2. The first-order valence-electron chi connectivity index (χ1n) is 6.34. The second-order valence-corrected chi connectivity index (χ2v) is 7.60. The molecule has 0 fully saturated rings. The van der Waals surface area contributed by atoms with Crippen molar-refractivity contribution in [1.82, 2.24) is 8.96 Å². The van der Waals surface area contributed by atoms with E-state index in [0.717, 1.165) is 0 Å². The van der Waals surface area contributed by atoms with E-state index < -0.39 is 10.0 Å². The minimum Gasteiger partial charge on any atom is -0.234 e. The normalized spacial score (nSPS) is 11.5. The minimum atomic E-state index is -3.76. The lowest BCUT2D eigenvalue weighted by Crippen LogP contribution is -2.15. The Hall–Kier alpha value is -1.92. The summed E-state index contributed by atoms with van der Waals surface area (Å²) in [5.41, 5.74) is 1.30. The number of aryl methyl sites for hydroxylation is 1. The highest BCUT2D eigenvalue weighted by molar-refractivity contribution is 14.1. The van der Waals surface area contributed by atoms with E-state index in [9.17, 15) is 13.7 Å². The van der Waals surface area contributed by atoms with Crippen LogP contribution in [0.5, 0.6) is 0 Å². The van der Waals surface area contributed by atoms with Crippen LogP contribution < -0.4 is 0 Å². The summed E-state index contributed by atoms with van der Waals surface area (Å²) in [5, 5.41) is 9.78. The van der Waals surface area contributed by atoms with Crippen LogP contribution in [-0.2, 0) is 10.0 Å². The number of rotatable bonds is 2. The Labute approximate surface area is 141 Å². The lowest BCUT2D eigenvalue weighted by Gasteiger charge is -2.09. The Morgan fingerprint density at radius 1 is 1.23 bits per heavy atom. The largest absolute Gasteiger partial charge is 0.270 e. The van der Waals surface area contributed by atoms with Gasteiger partial charge in [-0.1, -0.05) is 18.2 Å². The number of nitrogens with zero attached hydrogens (tertiary/aromatic N) is 3. The molecule has 5 nitrogen and oxygen atoms in total. The third kappa shape index (κ3) is 2.28. The van der Waals surface area contributed by atoms with Gasteiger partial charge in [0.2, 0.25) is 0 Å². The molecule has 22 heavy (non-hydrogen) atoms. The molecular weight excluding hydrogens is 413 g/mol. The van der Waals surface area contributed by atoms with Gasteiger partial charge in [0.25, 0.3) is 10.0 Å². The second kappa shape index (κ2) is 5.37. The summed E-state index contributed by atoms with van der Waals surface area (Å²) in [6.07, 6.45) is 0. The highest BCUT2D eigenvalue weighted by atomic mass is 127. The molecular formula is C15H10IN3O2S. The number of fused-ring (bicyclic) bond motifs is 1. The molecule has 1 aromatic carbocycles. The smallest absolute Gasteiger partial charge is 0.234 e. The van der Waals surface area contributed by atoms with Crippen LogP contribution in [0.3, 0.4) is 0 Å².